The fourth-order valence-electron chi connectivity index (χ4n) is 1.38. The molecule has 1 heterocycles. The third-order valence-corrected chi connectivity index (χ3v) is 2.02. The molecule has 0 saturated heterocycles. The number of fused-ring (bicyclic) bond motifs is 1. The van der Waals surface area contributed by atoms with Crippen molar-refractivity contribution in [3.05, 3.63) is 42.1 Å². The van der Waals surface area contributed by atoms with Crippen LogP contribution in [0.3, 0.4) is 0 Å². The zero-order chi connectivity index (χ0) is 8.39. The standard InChI is InChI=1S/C11H10N/c1-2-9-5-3-6-10-7-4-8-12-11(9)10/h3-6,8H,2H2,1H3. The Bertz CT molecular complexity index is 388. The number of nitrogens with zero attached hydrogens (tertiary/aromatic N) is 1. The Labute approximate surface area is 72.1 Å². The first-order valence-electron chi connectivity index (χ1n) is 4.16. The molecule has 0 amide bonds. The minimum atomic E-state index is 1.03. The van der Waals surface area contributed by atoms with E-state index in [1.165, 1.54) is 5.56 Å². The monoisotopic (exact) mass is 156 g/mol. The molecule has 0 aliphatic rings. The van der Waals surface area contributed by atoms with Gasteiger partial charge in [-0.25, -0.2) is 0 Å². The topological polar surface area (TPSA) is 12.9 Å². The fraction of sp³-hybridized carbons (Fsp3) is 0.182. The van der Waals surface area contributed by atoms with E-state index in [1.807, 2.05) is 12.1 Å². The molecule has 1 aromatic heterocycles. The second-order valence-corrected chi connectivity index (χ2v) is 2.76. The molecule has 1 radical (unpaired) electrons. The summed E-state index contributed by atoms with van der Waals surface area (Å²) in [5.74, 6) is 0. The SMILES string of the molecule is CCc1cccc2[c]ccnc12. The lowest BCUT2D eigenvalue weighted by Gasteiger charge is -2.00. The largest absolute Gasteiger partial charge is 0.256 e. The molecular formula is C11H10N. The van der Waals surface area contributed by atoms with Crippen molar-refractivity contribution in [3.63, 3.8) is 0 Å². The Morgan fingerprint density at radius 2 is 2.33 bits per heavy atom. The van der Waals surface area contributed by atoms with E-state index in [9.17, 15) is 0 Å². The van der Waals surface area contributed by atoms with Gasteiger partial charge in [0, 0.05) is 11.6 Å². The number of aryl methyl sites for hydroxylation is 1. The molecule has 0 aliphatic carbocycles. The molecule has 0 unspecified atom stereocenters. The van der Waals surface area contributed by atoms with E-state index in [0.29, 0.717) is 0 Å². The Kier molecular flexibility index (Phi) is 1.78. The molecule has 0 fully saturated rings. The van der Waals surface area contributed by atoms with Crippen molar-refractivity contribution >= 4 is 10.9 Å². The fourth-order valence-corrected chi connectivity index (χ4v) is 1.38. The molecule has 59 valence electrons. The van der Waals surface area contributed by atoms with E-state index < -0.39 is 0 Å². The zero-order valence-electron chi connectivity index (χ0n) is 7.04. The number of rotatable bonds is 1. The van der Waals surface area contributed by atoms with Gasteiger partial charge in [0.05, 0.1) is 5.52 Å². The van der Waals surface area contributed by atoms with Crippen LogP contribution in [0.5, 0.6) is 0 Å². The molecular weight excluding hydrogens is 146 g/mol. The van der Waals surface area contributed by atoms with Crippen molar-refractivity contribution in [2.24, 2.45) is 0 Å². The van der Waals surface area contributed by atoms with Crippen LogP contribution in [0.25, 0.3) is 10.9 Å². The van der Waals surface area contributed by atoms with Crippen molar-refractivity contribution in [2.45, 2.75) is 13.3 Å². The van der Waals surface area contributed by atoms with E-state index in [0.717, 1.165) is 17.3 Å². The van der Waals surface area contributed by atoms with Gasteiger partial charge < -0.3 is 0 Å². The van der Waals surface area contributed by atoms with E-state index in [4.69, 9.17) is 0 Å². The van der Waals surface area contributed by atoms with Gasteiger partial charge in [-0.1, -0.05) is 25.1 Å². The van der Waals surface area contributed by atoms with Gasteiger partial charge in [0.2, 0.25) is 0 Å². The van der Waals surface area contributed by atoms with Crippen LogP contribution in [0.2, 0.25) is 0 Å². The van der Waals surface area contributed by atoms with Gasteiger partial charge in [0.25, 0.3) is 0 Å². The first-order chi connectivity index (χ1) is 5.92. The minimum absolute atomic E-state index is 1.03. The van der Waals surface area contributed by atoms with Crippen LogP contribution in [-0.4, -0.2) is 4.98 Å². The lowest BCUT2D eigenvalue weighted by Crippen LogP contribution is -1.85. The first-order valence-corrected chi connectivity index (χ1v) is 4.16. The highest BCUT2D eigenvalue weighted by Gasteiger charge is 1.97. The van der Waals surface area contributed by atoms with Crippen LogP contribution in [0.1, 0.15) is 12.5 Å². The third-order valence-electron chi connectivity index (χ3n) is 2.02. The number of pyridine rings is 1. The molecule has 2 rings (SSSR count). The normalized spacial score (nSPS) is 10.4. The summed E-state index contributed by atoms with van der Waals surface area (Å²) in [6.07, 6.45) is 2.82. The maximum Gasteiger partial charge on any atom is 0.0740 e. The van der Waals surface area contributed by atoms with Crippen LogP contribution in [0.4, 0.5) is 0 Å². The van der Waals surface area contributed by atoms with Crippen molar-refractivity contribution < 1.29 is 0 Å². The molecule has 0 bridgehead atoms. The summed E-state index contributed by atoms with van der Waals surface area (Å²) in [7, 11) is 0. The predicted octanol–water partition coefficient (Wildman–Crippen LogP) is 2.60. The summed E-state index contributed by atoms with van der Waals surface area (Å²) in [5, 5.41) is 1.11. The smallest absolute Gasteiger partial charge is 0.0740 e. The van der Waals surface area contributed by atoms with Gasteiger partial charge in [-0.05, 0) is 24.1 Å². The minimum Gasteiger partial charge on any atom is -0.256 e. The first kappa shape index (κ1) is 7.29. The van der Waals surface area contributed by atoms with Crippen LogP contribution < -0.4 is 0 Å². The number of hydrogen-bond donors (Lipinski definition) is 0. The molecule has 0 atom stereocenters. The van der Waals surface area contributed by atoms with Gasteiger partial charge in [0.1, 0.15) is 0 Å². The molecule has 1 heteroatoms. The molecule has 0 N–H and O–H groups in total. The predicted molar refractivity (Wildman–Crippen MR) is 50.0 cm³/mol. The maximum atomic E-state index is 4.32. The summed E-state index contributed by atoms with van der Waals surface area (Å²) in [6, 6.07) is 11.2. The molecule has 0 aliphatic heterocycles. The highest BCUT2D eigenvalue weighted by molar-refractivity contribution is 5.80. The van der Waals surface area contributed by atoms with Crippen molar-refractivity contribution in [2.75, 3.05) is 0 Å². The molecule has 2 aromatic rings. The van der Waals surface area contributed by atoms with Crippen LogP contribution in [0, 0.1) is 6.07 Å². The summed E-state index contributed by atoms with van der Waals surface area (Å²) in [6.45, 7) is 2.14. The number of para-hydroxylation sites is 1. The van der Waals surface area contributed by atoms with E-state index in [1.54, 1.807) is 6.20 Å². The molecule has 12 heavy (non-hydrogen) atoms. The van der Waals surface area contributed by atoms with Crippen molar-refractivity contribution in [1.29, 1.82) is 0 Å². The summed E-state index contributed by atoms with van der Waals surface area (Å²) in [4.78, 5) is 4.32. The Hall–Kier alpha value is -1.37. The van der Waals surface area contributed by atoms with Crippen LogP contribution >= 0.6 is 0 Å². The Morgan fingerprint density at radius 1 is 1.42 bits per heavy atom. The van der Waals surface area contributed by atoms with Gasteiger partial charge in [0.15, 0.2) is 0 Å². The van der Waals surface area contributed by atoms with E-state index in [-0.39, 0.29) is 0 Å². The second kappa shape index (κ2) is 2.94. The summed E-state index contributed by atoms with van der Waals surface area (Å²) in [5.41, 5.74) is 2.38. The van der Waals surface area contributed by atoms with Gasteiger partial charge >= 0.3 is 0 Å². The van der Waals surface area contributed by atoms with Crippen molar-refractivity contribution in [3.8, 4) is 0 Å². The van der Waals surface area contributed by atoms with Gasteiger partial charge in [-0.3, -0.25) is 4.98 Å². The number of aromatic nitrogens is 1. The van der Waals surface area contributed by atoms with E-state index >= 15 is 0 Å². The third kappa shape index (κ3) is 1.07. The Balaban J connectivity index is 2.79. The highest BCUT2D eigenvalue weighted by Crippen LogP contribution is 2.15. The number of hydrogen-bond acceptors (Lipinski definition) is 1. The molecule has 1 aromatic carbocycles. The van der Waals surface area contributed by atoms with Crippen LogP contribution in [0.15, 0.2) is 30.5 Å². The zero-order valence-corrected chi connectivity index (χ0v) is 7.04. The van der Waals surface area contributed by atoms with Gasteiger partial charge in [-0.2, -0.15) is 0 Å². The van der Waals surface area contributed by atoms with Gasteiger partial charge in [-0.15, -0.1) is 0 Å². The average molecular weight is 156 g/mol. The lowest BCUT2D eigenvalue weighted by molar-refractivity contribution is 1.14. The van der Waals surface area contributed by atoms with Crippen molar-refractivity contribution in [1.82, 2.24) is 4.98 Å². The summed E-state index contributed by atoms with van der Waals surface area (Å²) >= 11 is 0. The average Bonchev–Trinajstić information content (AvgIpc) is 2.17. The molecule has 1 nitrogen and oxygen atoms in total. The quantitative estimate of drug-likeness (QED) is 0.618. The Morgan fingerprint density at radius 3 is 3.17 bits per heavy atom. The van der Waals surface area contributed by atoms with Crippen LogP contribution in [-0.2, 0) is 6.42 Å². The molecule has 0 spiro atoms. The highest BCUT2D eigenvalue weighted by atomic mass is 14.6. The summed E-state index contributed by atoms with van der Waals surface area (Å²) < 4.78 is 0. The maximum absolute atomic E-state index is 4.32. The van der Waals surface area contributed by atoms with E-state index in [2.05, 4.69) is 30.1 Å². The lowest BCUT2D eigenvalue weighted by atomic mass is 10.1. The number of benzene rings is 1. The molecule has 0 saturated carbocycles. The second-order valence-electron chi connectivity index (χ2n) is 2.76.